The summed E-state index contributed by atoms with van der Waals surface area (Å²) in [4.78, 5) is 24.1. The Labute approximate surface area is 144 Å². The fraction of sp³-hybridized carbons (Fsp3) is 0.810. The van der Waals surface area contributed by atoms with E-state index in [1.165, 1.54) is 5.57 Å². The molecule has 0 heterocycles. The lowest BCUT2D eigenvalue weighted by Crippen LogP contribution is -2.57. The van der Waals surface area contributed by atoms with Gasteiger partial charge in [-0.05, 0) is 81.1 Å². The SMILES string of the molecule is C[13C](=O)[C@@]1(O)CC[C@H]2[C@@H]3CCC4=CC(=O)CC[C@]4(C)[C@H]3CC[C@@]21C. The molecule has 3 heteroatoms. The predicted octanol–water partition coefficient (Wildman–Crippen LogP) is 3.84. The Morgan fingerprint density at radius 3 is 2.50 bits per heavy atom. The predicted molar refractivity (Wildman–Crippen MR) is 92.3 cm³/mol. The van der Waals surface area contributed by atoms with Crippen LogP contribution >= 0.6 is 0 Å². The number of ketones is 2. The fourth-order valence-corrected chi connectivity index (χ4v) is 7.15. The maximum absolute atomic E-state index is 12.2. The first-order valence-corrected chi connectivity index (χ1v) is 9.70. The Kier molecular flexibility index (Phi) is 3.46. The smallest absolute Gasteiger partial charge is 0.161 e. The Hall–Kier alpha value is -0.960. The van der Waals surface area contributed by atoms with Gasteiger partial charge in [0.1, 0.15) is 5.60 Å². The van der Waals surface area contributed by atoms with Crippen LogP contribution in [0.1, 0.15) is 72.1 Å². The second kappa shape index (κ2) is 5.03. The largest absolute Gasteiger partial charge is 0.382 e. The van der Waals surface area contributed by atoms with Gasteiger partial charge in [-0.15, -0.1) is 0 Å². The van der Waals surface area contributed by atoms with Crippen LogP contribution in [-0.4, -0.2) is 22.3 Å². The molecular formula is C21H30O3. The summed E-state index contributed by atoms with van der Waals surface area (Å²) in [5.74, 6) is 1.90. The topological polar surface area (TPSA) is 54.4 Å². The van der Waals surface area contributed by atoms with Crippen molar-refractivity contribution in [3.63, 3.8) is 0 Å². The van der Waals surface area contributed by atoms with Gasteiger partial charge in [0.05, 0.1) is 0 Å². The molecule has 6 atom stereocenters. The molecule has 0 unspecified atom stereocenters. The van der Waals surface area contributed by atoms with E-state index in [1.54, 1.807) is 6.92 Å². The highest BCUT2D eigenvalue weighted by Gasteiger charge is 2.65. The molecule has 0 bridgehead atoms. The third kappa shape index (κ3) is 1.88. The van der Waals surface area contributed by atoms with Crippen LogP contribution in [0.3, 0.4) is 0 Å². The lowest BCUT2D eigenvalue weighted by Gasteiger charge is -2.58. The van der Waals surface area contributed by atoms with Gasteiger partial charge < -0.3 is 5.11 Å². The minimum Gasteiger partial charge on any atom is -0.382 e. The van der Waals surface area contributed by atoms with E-state index in [0.717, 1.165) is 38.5 Å². The first kappa shape index (κ1) is 16.5. The molecule has 24 heavy (non-hydrogen) atoms. The standard InChI is InChI=1S/C21H30O3/c1-13(22)21(24)11-8-18-16-5-4-14-12-15(23)6-9-19(14,2)17(16)7-10-20(18,21)3/h12,16-18,24H,4-11H2,1-3H3/t16-,17+,18+,19+,20+,21+/m1/s1/i13+1. The molecule has 1 N–H and O–H groups in total. The van der Waals surface area contributed by atoms with Crippen LogP contribution in [0.2, 0.25) is 0 Å². The number of carbonyl (C=O) groups is 2. The third-order valence-electron chi connectivity index (χ3n) is 8.70. The van der Waals surface area contributed by atoms with Crippen molar-refractivity contribution in [2.24, 2.45) is 28.6 Å². The maximum atomic E-state index is 12.2. The van der Waals surface area contributed by atoms with Gasteiger partial charge in [0.15, 0.2) is 11.6 Å². The molecule has 0 aromatic rings. The van der Waals surface area contributed by atoms with Crippen LogP contribution in [0.15, 0.2) is 11.6 Å². The molecule has 0 saturated heterocycles. The van der Waals surface area contributed by atoms with Crippen molar-refractivity contribution in [3.05, 3.63) is 11.6 Å². The molecule has 0 radical (unpaired) electrons. The monoisotopic (exact) mass is 331 g/mol. The van der Waals surface area contributed by atoms with E-state index >= 15 is 0 Å². The van der Waals surface area contributed by atoms with E-state index < -0.39 is 5.60 Å². The fourth-order valence-electron chi connectivity index (χ4n) is 7.15. The van der Waals surface area contributed by atoms with Gasteiger partial charge >= 0.3 is 0 Å². The maximum Gasteiger partial charge on any atom is 0.161 e. The second-order valence-corrected chi connectivity index (χ2v) is 9.38. The number of hydrogen-bond acceptors (Lipinski definition) is 3. The van der Waals surface area contributed by atoms with Crippen molar-refractivity contribution < 1.29 is 14.7 Å². The number of fused-ring (bicyclic) bond motifs is 5. The first-order chi connectivity index (χ1) is 11.2. The van der Waals surface area contributed by atoms with Gasteiger partial charge in [0, 0.05) is 11.8 Å². The van der Waals surface area contributed by atoms with Gasteiger partial charge in [0.25, 0.3) is 0 Å². The Bertz CT molecular complexity index is 635. The second-order valence-electron chi connectivity index (χ2n) is 9.38. The zero-order chi connectivity index (χ0) is 17.3. The highest BCUT2D eigenvalue weighted by Crippen LogP contribution is 2.67. The van der Waals surface area contributed by atoms with E-state index in [9.17, 15) is 14.7 Å². The highest BCUT2D eigenvalue weighted by atomic mass is 16.3. The van der Waals surface area contributed by atoms with Crippen LogP contribution < -0.4 is 0 Å². The van der Waals surface area contributed by atoms with E-state index in [0.29, 0.717) is 36.4 Å². The van der Waals surface area contributed by atoms with Crippen molar-refractivity contribution in [3.8, 4) is 0 Å². The molecule has 3 fully saturated rings. The molecule has 4 aliphatic carbocycles. The van der Waals surface area contributed by atoms with E-state index in [2.05, 4.69) is 13.8 Å². The molecule has 4 rings (SSSR count). The van der Waals surface area contributed by atoms with Gasteiger partial charge in [-0.25, -0.2) is 0 Å². The van der Waals surface area contributed by atoms with Gasteiger partial charge in [0.2, 0.25) is 0 Å². The van der Waals surface area contributed by atoms with Crippen molar-refractivity contribution >= 4 is 11.6 Å². The molecule has 0 spiro atoms. The lowest BCUT2D eigenvalue weighted by molar-refractivity contribution is -0.160. The van der Waals surface area contributed by atoms with Crippen LogP contribution in [-0.2, 0) is 9.59 Å². The molecule has 3 nitrogen and oxygen atoms in total. The van der Waals surface area contributed by atoms with Gasteiger partial charge in [-0.2, -0.15) is 0 Å². The van der Waals surface area contributed by atoms with Crippen LogP contribution in [0.5, 0.6) is 0 Å². The summed E-state index contributed by atoms with van der Waals surface area (Å²) in [5.41, 5.74) is 0.155. The van der Waals surface area contributed by atoms with Crippen molar-refractivity contribution in [1.29, 1.82) is 0 Å². The van der Waals surface area contributed by atoms with Crippen molar-refractivity contribution in [2.45, 2.75) is 77.7 Å². The lowest BCUT2D eigenvalue weighted by atomic mass is 9.47. The number of carbonyl (C=O) groups excluding carboxylic acids is 2. The zero-order valence-corrected chi connectivity index (χ0v) is 15.2. The summed E-state index contributed by atoms with van der Waals surface area (Å²) >= 11 is 0. The van der Waals surface area contributed by atoms with Crippen molar-refractivity contribution in [2.75, 3.05) is 0 Å². The average molecular weight is 331 g/mol. The summed E-state index contributed by atoms with van der Waals surface area (Å²) < 4.78 is 0. The minimum absolute atomic E-state index is 0.0446. The molecule has 0 aliphatic heterocycles. The summed E-state index contributed by atoms with van der Waals surface area (Å²) in [7, 11) is 0. The summed E-state index contributed by atoms with van der Waals surface area (Å²) in [6, 6.07) is 0. The van der Waals surface area contributed by atoms with E-state index in [1.807, 2.05) is 6.08 Å². The average Bonchev–Trinajstić information content (AvgIpc) is 2.81. The van der Waals surface area contributed by atoms with Gasteiger partial charge in [-0.1, -0.05) is 19.4 Å². The Morgan fingerprint density at radius 2 is 1.79 bits per heavy atom. The van der Waals surface area contributed by atoms with Gasteiger partial charge in [-0.3, -0.25) is 9.59 Å². The quantitative estimate of drug-likeness (QED) is 0.743. The molecule has 3 saturated carbocycles. The van der Waals surface area contributed by atoms with Crippen molar-refractivity contribution in [1.82, 2.24) is 0 Å². The molecule has 0 amide bonds. The number of aliphatic hydroxyl groups is 1. The molecule has 4 aliphatic rings. The first-order valence-electron chi connectivity index (χ1n) is 9.70. The summed E-state index contributed by atoms with van der Waals surface area (Å²) in [6.07, 6.45) is 9.37. The molecular weight excluding hydrogens is 301 g/mol. The third-order valence-corrected chi connectivity index (χ3v) is 8.70. The number of Topliss-reactive ketones (excluding diaryl/α,β-unsaturated/α-hetero) is 1. The molecule has 0 aromatic heterocycles. The normalized spacial score (nSPS) is 50.6. The van der Waals surface area contributed by atoms with E-state index in [-0.39, 0.29) is 16.6 Å². The zero-order valence-electron chi connectivity index (χ0n) is 15.2. The highest BCUT2D eigenvalue weighted by molar-refractivity contribution is 5.91. The molecule has 0 aromatic carbocycles. The summed E-state index contributed by atoms with van der Waals surface area (Å²) in [5, 5.41) is 11.1. The minimum atomic E-state index is -1.12. The number of allylic oxidation sites excluding steroid dienone is 1. The number of hydrogen-bond donors (Lipinski definition) is 1. The molecule has 132 valence electrons. The van der Waals surface area contributed by atoms with E-state index in [4.69, 9.17) is 0 Å². The van der Waals surface area contributed by atoms with Crippen LogP contribution in [0.25, 0.3) is 0 Å². The summed E-state index contributed by atoms with van der Waals surface area (Å²) in [6.45, 7) is 6.10. The van der Waals surface area contributed by atoms with Crippen LogP contribution in [0.4, 0.5) is 0 Å². The van der Waals surface area contributed by atoms with Crippen LogP contribution in [0, 0.1) is 28.6 Å². The number of rotatable bonds is 1. The Morgan fingerprint density at radius 1 is 1.08 bits per heavy atom. The Balaban J connectivity index is 1.70.